The highest BCUT2D eigenvalue weighted by Crippen LogP contribution is 2.43. The number of ether oxygens (including phenoxy) is 1. The summed E-state index contributed by atoms with van der Waals surface area (Å²) in [6.07, 6.45) is -0.00801. The maximum atomic E-state index is 13.3. The number of aliphatic hydroxyl groups excluding tert-OH is 1. The summed E-state index contributed by atoms with van der Waals surface area (Å²) in [5.74, 6) is -1.19. The van der Waals surface area contributed by atoms with E-state index >= 15 is 0 Å². The van der Waals surface area contributed by atoms with Crippen LogP contribution in [0.2, 0.25) is 10.0 Å². The Morgan fingerprint density at radius 2 is 1.58 bits per heavy atom. The molecule has 1 amide bonds. The van der Waals surface area contributed by atoms with E-state index < -0.39 is 17.7 Å². The number of anilines is 2. The van der Waals surface area contributed by atoms with Crippen LogP contribution in [0.4, 0.5) is 11.4 Å². The first-order valence-corrected chi connectivity index (χ1v) is 12.1. The van der Waals surface area contributed by atoms with E-state index in [1.54, 1.807) is 42.5 Å². The van der Waals surface area contributed by atoms with Crippen molar-refractivity contribution in [1.29, 1.82) is 0 Å². The van der Waals surface area contributed by atoms with Crippen molar-refractivity contribution in [3.05, 3.63) is 93.5 Å². The first-order chi connectivity index (χ1) is 17.1. The number of aliphatic hydroxyl groups is 1. The Kier molecular flexibility index (Phi) is 7.29. The van der Waals surface area contributed by atoms with Gasteiger partial charge in [-0.15, -0.1) is 0 Å². The van der Waals surface area contributed by atoms with Crippen LogP contribution in [0.1, 0.15) is 31.0 Å². The van der Waals surface area contributed by atoms with Crippen LogP contribution in [0.3, 0.4) is 0 Å². The highest BCUT2D eigenvalue weighted by atomic mass is 35.5. The van der Waals surface area contributed by atoms with Gasteiger partial charge in [0.05, 0.1) is 27.8 Å². The van der Waals surface area contributed by atoms with Gasteiger partial charge in [-0.1, -0.05) is 35.3 Å². The lowest BCUT2D eigenvalue weighted by molar-refractivity contribution is -0.132. The molecule has 0 spiro atoms. The third-order valence-electron chi connectivity index (χ3n) is 5.85. The number of nitrogens with zero attached hydrogens (tertiary/aromatic N) is 2. The Morgan fingerprint density at radius 3 is 2.14 bits per heavy atom. The molecule has 36 heavy (non-hydrogen) atoms. The van der Waals surface area contributed by atoms with Crippen LogP contribution in [0.25, 0.3) is 5.76 Å². The Labute approximate surface area is 220 Å². The molecule has 1 saturated heterocycles. The van der Waals surface area contributed by atoms with Gasteiger partial charge < -0.3 is 14.7 Å². The second-order valence-corrected chi connectivity index (χ2v) is 9.76. The van der Waals surface area contributed by atoms with Gasteiger partial charge in [0.1, 0.15) is 11.5 Å². The number of ketones is 1. The van der Waals surface area contributed by atoms with Crippen LogP contribution in [0, 0.1) is 0 Å². The van der Waals surface area contributed by atoms with E-state index in [4.69, 9.17) is 27.9 Å². The van der Waals surface area contributed by atoms with Crippen molar-refractivity contribution in [3.63, 3.8) is 0 Å². The molecule has 0 bridgehead atoms. The standard InChI is InChI=1S/C28H26Cl2N2O4/c1-16(2)36-21-12-5-17(6-13-21)25-24(26(33)18-7-14-22(29)23(30)15-18)27(34)28(35)32(25)20-10-8-19(9-11-20)31(3)4/h5-16,25,33H,1-4H3/b26-24-. The molecule has 186 valence electrons. The second kappa shape index (κ2) is 10.2. The fourth-order valence-corrected chi connectivity index (χ4v) is 4.42. The van der Waals surface area contributed by atoms with Gasteiger partial charge in [-0.3, -0.25) is 14.5 Å². The van der Waals surface area contributed by atoms with Crippen LogP contribution in [-0.4, -0.2) is 37.0 Å². The fraction of sp³-hybridized carbons (Fsp3) is 0.214. The molecule has 0 aliphatic carbocycles. The molecule has 3 aromatic carbocycles. The van der Waals surface area contributed by atoms with E-state index in [0.717, 1.165) is 5.69 Å². The first-order valence-electron chi connectivity index (χ1n) is 11.4. The molecule has 8 heteroatoms. The van der Waals surface area contributed by atoms with Gasteiger partial charge in [0, 0.05) is 31.0 Å². The monoisotopic (exact) mass is 524 g/mol. The summed E-state index contributed by atoms with van der Waals surface area (Å²) >= 11 is 12.2. The van der Waals surface area contributed by atoms with Gasteiger partial charge in [0.2, 0.25) is 0 Å². The minimum absolute atomic E-state index is 0.00801. The lowest BCUT2D eigenvalue weighted by atomic mass is 9.95. The molecule has 6 nitrogen and oxygen atoms in total. The molecule has 1 aliphatic heterocycles. The highest BCUT2D eigenvalue weighted by Gasteiger charge is 2.47. The summed E-state index contributed by atoms with van der Waals surface area (Å²) in [5, 5.41) is 11.8. The minimum Gasteiger partial charge on any atom is -0.507 e. The summed E-state index contributed by atoms with van der Waals surface area (Å²) in [7, 11) is 3.83. The summed E-state index contributed by atoms with van der Waals surface area (Å²) in [4.78, 5) is 30.0. The fourth-order valence-electron chi connectivity index (χ4n) is 4.13. The zero-order valence-electron chi connectivity index (χ0n) is 20.3. The molecule has 1 fully saturated rings. The van der Waals surface area contributed by atoms with Crippen molar-refractivity contribution in [2.75, 3.05) is 23.9 Å². The van der Waals surface area contributed by atoms with E-state index in [-0.39, 0.29) is 28.0 Å². The smallest absolute Gasteiger partial charge is 0.300 e. The summed E-state index contributed by atoms with van der Waals surface area (Å²) < 4.78 is 5.75. The Morgan fingerprint density at radius 1 is 0.944 bits per heavy atom. The van der Waals surface area contributed by atoms with Crippen LogP contribution in [0.5, 0.6) is 5.75 Å². The lowest BCUT2D eigenvalue weighted by Gasteiger charge is -2.26. The molecular weight excluding hydrogens is 499 g/mol. The Hall–Kier alpha value is -3.48. The zero-order chi connectivity index (χ0) is 26.1. The van der Waals surface area contributed by atoms with Crippen LogP contribution < -0.4 is 14.5 Å². The highest BCUT2D eigenvalue weighted by molar-refractivity contribution is 6.51. The Balaban J connectivity index is 1.88. The average molecular weight is 525 g/mol. The molecular formula is C28H26Cl2N2O4. The summed E-state index contributed by atoms with van der Waals surface area (Å²) in [5.41, 5.74) is 2.37. The number of carbonyl (C=O) groups excluding carboxylic acids is 2. The minimum atomic E-state index is -0.863. The van der Waals surface area contributed by atoms with Crippen LogP contribution in [0.15, 0.2) is 72.3 Å². The second-order valence-electron chi connectivity index (χ2n) is 8.94. The number of amides is 1. The molecule has 1 atom stereocenters. The molecule has 4 rings (SSSR count). The van der Waals surface area contributed by atoms with Gasteiger partial charge >= 0.3 is 0 Å². The largest absolute Gasteiger partial charge is 0.507 e. The number of carbonyl (C=O) groups is 2. The molecule has 0 aromatic heterocycles. The van der Waals surface area contributed by atoms with Gasteiger partial charge in [0.25, 0.3) is 11.7 Å². The third-order valence-corrected chi connectivity index (χ3v) is 6.59. The maximum absolute atomic E-state index is 13.3. The van der Waals surface area contributed by atoms with Crippen molar-refractivity contribution in [3.8, 4) is 5.75 Å². The molecule has 1 aliphatic rings. The number of Topliss-reactive ketones (excluding diaryl/α,β-unsaturated/α-hetero) is 1. The van der Waals surface area contributed by atoms with Crippen LogP contribution >= 0.6 is 23.2 Å². The molecule has 3 aromatic rings. The number of benzene rings is 3. The van der Waals surface area contributed by atoms with Gasteiger partial charge in [-0.05, 0) is 74.0 Å². The number of hydrogen-bond donors (Lipinski definition) is 1. The van der Waals surface area contributed by atoms with E-state index in [9.17, 15) is 14.7 Å². The van der Waals surface area contributed by atoms with E-state index in [1.807, 2.05) is 45.0 Å². The normalized spacial score (nSPS) is 17.1. The topological polar surface area (TPSA) is 70.1 Å². The van der Waals surface area contributed by atoms with Crippen LogP contribution in [-0.2, 0) is 9.59 Å². The quantitative estimate of drug-likeness (QED) is 0.227. The summed E-state index contributed by atoms with van der Waals surface area (Å²) in [6, 6.07) is 18.1. The van der Waals surface area contributed by atoms with Crippen molar-refractivity contribution >= 4 is 52.0 Å². The zero-order valence-corrected chi connectivity index (χ0v) is 21.8. The van der Waals surface area contributed by atoms with Crippen molar-refractivity contribution < 1.29 is 19.4 Å². The predicted molar refractivity (Wildman–Crippen MR) is 144 cm³/mol. The van der Waals surface area contributed by atoms with Crippen molar-refractivity contribution in [2.45, 2.75) is 26.0 Å². The van der Waals surface area contributed by atoms with Gasteiger partial charge in [-0.25, -0.2) is 0 Å². The average Bonchev–Trinajstić information content (AvgIpc) is 3.11. The lowest BCUT2D eigenvalue weighted by Crippen LogP contribution is -2.29. The number of rotatable bonds is 6. The van der Waals surface area contributed by atoms with Crippen molar-refractivity contribution in [2.24, 2.45) is 0 Å². The SMILES string of the molecule is CC(C)Oc1ccc(C2/C(=C(/O)c3ccc(Cl)c(Cl)c3)C(=O)C(=O)N2c2ccc(N(C)C)cc2)cc1. The molecule has 1 N–H and O–H groups in total. The maximum Gasteiger partial charge on any atom is 0.300 e. The van der Waals surface area contributed by atoms with Gasteiger partial charge in [-0.2, -0.15) is 0 Å². The number of hydrogen-bond acceptors (Lipinski definition) is 5. The Bertz CT molecular complexity index is 1330. The summed E-state index contributed by atoms with van der Waals surface area (Å²) in [6.45, 7) is 3.86. The van der Waals surface area contributed by atoms with Gasteiger partial charge in [0.15, 0.2) is 0 Å². The third kappa shape index (κ3) is 4.92. The first kappa shape index (κ1) is 25.6. The molecule has 1 unspecified atom stereocenters. The molecule has 1 heterocycles. The predicted octanol–water partition coefficient (Wildman–Crippen LogP) is 6.47. The molecule has 0 saturated carbocycles. The van der Waals surface area contributed by atoms with E-state index in [0.29, 0.717) is 22.0 Å². The van der Waals surface area contributed by atoms with E-state index in [1.165, 1.54) is 17.0 Å². The number of halogens is 2. The van der Waals surface area contributed by atoms with Crippen molar-refractivity contribution in [1.82, 2.24) is 0 Å². The molecule has 0 radical (unpaired) electrons. The van der Waals surface area contributed by atoms with E-state index in [2.05, 4.69) is 0 Å².